The monoisotopic (exact) mass is 380 g/mol. The maximum atomic E-state index is 13.3. The van der Waals surface area contributed by atoms with Gasteiger partial charge in [0.05, 0.1) is 6.26 Å². The second-order valence-electron chi connectivity index (χ2n) is 6.52. The lowest BCUT2D eigenvalue weighted by Gasteiger charge is -2.30. The Kier molecular flexibility index (Phi) is 4.81. The van der Waals surface area contributed by atoms with E-state index in [1.807, 2.05) is 11.0 Å². The summed E-state index contributed by atoms with van der Waals surface area (Å²) in [5.74, 6) is 0.360. The standard InChI is InChI=1S/C20H17FN4O3/c21-14-3-1-4-15(11-14)23-18(26)13-6-8-25(9-7-13)20-16(12-22)24-19(28-20)17-5-2-10-27-17/h1-5,10-11,13H,6-9H2,(H,23,26). The summed E-state index contributed by atoms with van der Waals surface area (Å²) in [5, 5.41) is 12.1. The fraction of sp³-hybridized carbons (Fsp3) is 0.250. The lowest BCUT2D eigenvalue weighted by Crippen LogP contribution is -2.38. The van der Waals surface area contributed by atoms with E-state index in [1.54, 1.807) is 24.3 Å². The first-order valence-electron chi connectivity index (χ1n) is 8.90. The number of nitrogens with zero attached hydrogens (tertiary/aromatic N) is 3. The predicted octanol–water partition coefficient (Wildman–Crippen LogP) is 3.80. The number of aromatic nitrogens is 1. The van der Waals surface area contributed by atoms with Crippen molar-refractivity contribution in [1.29, 1.82) is 5.26 Å². The summed E-state index contributed by atoms with van der Waals surface area (Å²) in [5.41, 5.74) is 0.631. The first-order chi connectivity index (χ1) is 13.6. The van der Waals surface area contributed by atoms with Crippen LogP contribution in [0.2, 0.25) is 0 Å². The van der Waals surface area contributed by atoms with Crippen molar-refractivity contribution in [3.8, 4) is 17.7 Å². The molecule has 1 aromatic carbocycles. The van der Waals surface area contributed by atoms with Crippen LogP contribution in [0.4, 0.5) is 16.0 Å². The molecule has 7 nitrogen and oxygen atoms in total. The summed E-state index contributed by atoms with van der Waals surface area (Å²) < 4.78 is 24.3. The molecule has 0 radical (unpaired) electrons. The summed E-state index contributed by atoms with van der Waals surface area (Å²) in [4.78, 5) is 18.5. The number of halogens is 1. The number of carbonyl (C=O) groups is 1. The minimum Gasteiger partial charge on any atom is -0.459 e. The molecule has 1 aliphatic heterocycles. The van der Waals surface area contributed by atoms with Crippen LogP contribution in [-0.4, -0.2) is 24.0 Å². The van der Waals surface area contributed by atoms with Crippen LogP contribution in [0.1, 0.15) is 18.5 Å². The minimum absolute atomic E-state index is 0.139. The molecule has 1 aliphatic rings. The number of amides is 1. The normalized spacial score (nSPS) is 14.6. The molecule has 1 N–H and O–H groups in total. The van der Waals surface area contributed by atoms with Crippen LogP contribution in [0.15, 0.2) is 51.5 Å². The fourth-order valence-corrected chi connectivity index (χ4v) is 3.26. The average Bonchev–Trinajstić information content (AvgIpc) is 3.37. The SMILES string of the molecule is N#Cc1nc(-c2ccco2)oc1N1CCC(C(=O)Nc2cccc(F)c2)CC1. The van der Waals surface area contributed by atoms with Crippen LogP contribution >= 0.6 is 0 Å². The number of carbonyl (C=O) groups excluding carboxylic acids is 1. The molecule has 0 unspecified atom stereocenters. The number of furan rings is 1. The van der Waals surface area contributed by atoms with Gasteiger partial charge in [-0.25, -0.2) is 4.39 Å². The Morgan fingerprint density at radius 1 is 1.29 bits per heavy atom. The summed E-state index contributed by atoms with van der Waals surface area (Å²) >= 11 is 0. The van der Waals surface area contributed by atoms with E-state index in [9.17, 15) is 14.4 Å². The molecule has 1 fully saturated rings. The molecule has 2 aromatic heterocycles. The quantitative estimate of drug-likeness (QED) is 0.740. The third-order valence-corrected chi connectivity index (χ3v) is 4.69. The number of nitrogens with one attached hydrogen (secondary N) is 1. The molecule has 0 aliphatic carbocycles. The van der Waals surface area contributed by atoms with Gasteiger partial charge in [0.15, 0.2) is 5.76 Å². The van der Waals surface area contributed by atoms with E-state index in [-0.39, 0.29) is 23.4 Å². The van der Waals surface area contributed by atoms with Crippen molar-refractivity contribution in [3.05, 3.63) is 54.2 Å². The lowest BCUT2D eigenvalue weighted by molar-refractivity contribution is -0.120. The highest BCUT2D eigenvalue weighted by Crippen LogP contribution is 2.31. The summed E-state index contributed by atoms with van der Waals surface area (Å²) in [7, 11) is 0. The van der Waals surface area contributed by atoms with E-state index in [0.717, 1.165) is 0 Å². The van der Waals surface area contributed by atoms with E-state index in [4.69, 9.17) is 8.83 Å². The number of piperidine rings is 1. The van der Waals surface area contributed by atoms with E-state index >= 15 is 0 Å². The number of oxazole rings is 1. The van der Waals surface area contributed by atoms with Gasteiger partial charge < -0.3 is 19.1 Å². The Morgan fingerprint density at radius 2 is 2.11 bits per heavy atom. The highest BCUT2D eigenvalue weighted by molar-refractivity contribution is 5.92. The highest BCUT2D eigenvalue weighted by atomic mass is 19.1. The lowest BCUT2D eigenvalue weighted by atomic mass is 9.96. The molecule has 1 amide bonds. The first kappa shape index (κ1) is 17.8. The zero-order chi connectivity index (χ0) is 19.5. The Morgan fingerprint density at radius 3 is 2.79 bits per heavy atom. The Labute approximate surface area is 160 Å². The van der Waals surface area contributed by atoms with Gasteiger partial charge in [-0.05, 0) is 43.2 Å². The zero-order valence-electron chi connectivity index (χ0n) is 14.9. The Balaban J connectivity index is 1.41. The fourth-order valence-electron chi connectivity index (χ4n) is 3.26. The summed E-state index contributed by atoms with van der Waals surface area (Å²) in [6, 6.07) is 11.3. The van der Waals surface area contributed by atoms with Crippen molar-refractivity contribution in [2.75, 3.05) is 23.3 Å². The second-order valence-corrected chi connectivity index (χ2v) is 6.52. The minimum atomic E-state index is -0.394. The van der Waals surface area contributed by atoms with Crippen molar-refractivity contribution in [1.82, 2.24) is 4.98 Å². The molecule has 8 heteroatoms. The Bertz CT molecular complexity index is 1010. The molecular weight excluding hydrogens is 363 g/mol. The van der Waals surface area contributed by atoms with Crippen LogP contribution < -0.4 is 10.2 Å². The van der Waals surface area contributed by atoms with Crippen LogP contribution in [0, 0.1) is 23.1 Å². The molecule has 28 heavy (non-hydrogen) atoms. The highest BCUT2D eigenvalue weighted by Gasteiger charge is 2.29. The van der Waals surface area contributed by atoms with Crippen molar-refractivity contribution < 1.29 is 18.0 Å². The molecule has 3 heterocycles. The van der Waals surface area contributed by atoms with Gasteiger partial charge in [-0.15, -0.1) is 0 Å². The number of anilines is 2. The van der Waals surface area contributed by atoms with Crippen molar-refractivity contribution >= 4 is 17.5 Å². The van der Waals surface area contributed by atoms with Crippen LogP contribution in [0.5, 0.6) is 0 Å². The van der Waals surface area contributed by atoms with Crippen molar-refractivity contribution in [3.63, 3.8) is 0 Å². The largest absolute Gasteiger partial charge is 0.459 e. The van der Waals surface area contributed by atoms with Crippen LogP contribution in [-0.2, 0) is 4.79 Å². The van der Waals surface area contributed by atoms with Gasteiger partial charge in [0, 0.05) is 24.7 Å². The van der Waals surface area contributed by atoms with Crippen molar-refractivity contribution in [2.45, 2.75) is 12.8 Å². The topological polar surface area (TPSA) is 95.3 Å². The van der Waals surface area contributed by atoms with E-state index in [1.165, 1.54) is 18.4 Å². The molecular formula is C20H17FN4O3. The molecule has 1 saturated heterocycles. The number of hydrogen-bond donors (Lipinski definition) is 1. The van der Waals surface area contributed by atoms with Gasteiger partial charge in [-0.1, -0.05) is 6.07 Å². The number of hydrogen-bond acceptors (Lipinski definition) is 6. The van der Waals surface area contributed by atoms with Crippen LogP contribution in [0.25, 0.3) is 11.7 Å². The molecule has 3 aromatic rings. The second kappa shape index (κ2) is 7.56. The summed E-state index contributed by atoms with van der Waals surface area (Å²) in [6.45, 7) is 1.09. The van der Waals surface area contributed by atoms with E-state index in [2.05, 4.69) is 10.3 Å². The number of rotatable bonds is 4. The van der Waals surface area contributed by atoms with Gasteiger partial charge in [0.25, 0.3) is 5.89 Å². The maximum absolute atomic E-state index is 13.3. The van der Waals surface area contributed by atoms with Gasteiger partial charge in [-0.3, -0.25) is 4.79 Å². The van der Waals surface area contributed by atoms with Crippen molar-refractivity contribution in [2.24, 2.45) is 5.92 Å². The summed E-state index contributed by atoms with van der Waals surface area (Å²) in [6.07, 6.45) is 2.68. The zero-order valence-corrected chi connectivity index (χ0v) is 14.9. The number of nitriles is 1. The maximum Gasteiger partial charge on any atom is 0.266 e. The molecule has 4 rings (SSSR count). The number of benzene rings is 1. The van der Waals surface area contributed by atoms with Crippen LogP contribution in [0.3, 0.4) is 0 Å². The molecule has 0 atom stereocenters. The van der Waals surface area contributed by atoms with Gasteiger partial charge >= 0.3 is 0 Å². The third-order valence-electron chi connectivity index (χ3n) is 4.69. The molecule has 0 bridgehead atoms. The van der Waals surface area contributed by atoms with Gasteiger partial charge in [0.2, 0.25) is 17.5 Å². The molecule has 0 saturated carbocycles. The van der Waals surface area contributed by atoms with Gasteiger partial charge in [0.1, 0.15) is 11.9 Å². The third kappa shape index (κ3) is 3.60. The van der Waals surface area contributed by atoms with Gasteiger partial charge in [-0.2, -0.15) is 10.2 Å². The average molecular weight is 380 g/mol. The molecule has 0 spiro atoms. The predicted molar refractivity (Wildman–Crippen MR) is 98.9 cm³/mol. The molecule has 142 valence electrons. The first-order valence-corrected chi connectivity index (χ1v) is 8.90. The van der Waals surface area contributed by atoms with E-state index in [0.29, 0.717) is 43.3 Å². The Hall–Kier alpha value is -3.60. The smallest absolute Gasteiger partial charge is 0.266 e. The van der Waals surface area contributed by atoms with E-state index < -0.39 is 5.82 Å².